The van der Waals surface area contributed by atoms with Crippen molar-refractivity contribution in [3.05, 3.63) is 29.8 Å². The Bertz CT molecular complexity index is 311. The standard InChI is InChI=1S/C8H7NO.C4H9N/c10-8-5-6-3-1-2-4-7(6)9-8;1-2-4-5-3-1/h1-4H,5H2,(H,9,10);5H,1-4H2. The van der Waals surface area contributed by atoms with Crippen LogP contribution in [0.4, 0.5) is 5.69 Å². The Morgan fingerprint density at radius 2 is 1.80 bits per heavy atom. The van der Waals surface area contributed by atoms with Gasteiger partial charge in [-0.25, -0.2) is 0 Å². The normalized spacial score (nSPS) is 17.7. The van der Waals surface area contributed by atoms with Gasteiger partial charge in [-0.05, 0) is 37.6 Å². The Labute approximate surface area is 89.9 Å². The van der Waals surface area contributed by atoms with Crippen LogP contribution in [0.15, 0.2) is 24.3 Å². The number of fused-ring (bicyclic) bond motifs is 1. The predicted molar refractivity (Wildman–Crippen MR) is 60.9 cm³/mol. The van der Waals surface area contributed by atoms with Crippen molar-refractivity contribution in [1.82, 2.24) is 5.32 Å². The third-order valence-electron chi connectivity index (χ3n) is 2.60. The second-order valence-corrected chi connectivity index (χ2v) is 3.84. The summed E-state index contributed by atoms with van der Waals surface area (Å²) in [7, 11) is 0. The van der Waals surface area contributed by atoms with Gasteiger partial charge in [-0.2, -0.15) is 0 Å². The molecule has 3 nitrogen and oxygen atoms in total. The Morgan fingerprint density at radius 1 is 1.07 bits per heavy atom. The molecule has 1 saturated heterocycles. The van der Waals surface area contributed by atoms with Crippen molar-refractivity contribution in [1.29, 1.82) is 0 Å². The van der Waals surface area contributed by atoms with E-state index in [9.17, 15) is 4.79 Å². The summed E-state index contributed by atoms with van der Waals surface area (Å²) in [5.74, 6) is 0.0983. The van der Waals surface area contributed by atoms with Crippen LogP contribution in [0.2, 0.25) is 0 Å². The molecule has 80 valence electrons. The van der Waals surface area contributed by atoms with Crippen molar-refractivity contribution in [3.63, 3.8) is 0 Å². The molecule has 2 N–H and O–H groups in total. The van der Waals surface area contributed by atoms with Crippen molar-refractivity contribution in [2.24, 2.45) is 0 Å². The van der Waals surface area contributed by atoms with Crippen LogP contribution in [0.25, 0.3) is 0 Å². The van der Waals surface area contributed by atoms with E-state index in [0.29, 0.717) is 6.42 Å². The Balaban J connectivity index is 0.000000144. The van der Waals surface area contributed by atoms with E-state index in [1.807, 2.05) is 24.3 Å². The fourth-order valence-electron chi connectivity index (χ4n) is 1.79. The Kier molecular flexibility index (Phi) is 3.35. The van der Waals surface area contributed by atoms with Crippen molar-refractivity contribution in [2.45, 2.75) is 19.3 Å². The highest BCUT2D eigenvalue weighted by atomic mass is 16.1. The van der Waals surface area contributed by atoms with E-state index >= 15 is 0 Å². The van der Waals surface area contributed by atoms with Gasteiger partial charge in [0.2, 0.25) is 5.91 Å². The van der Waals surface area contributed by atoms with Gasteiger partial charge in [0.15, 0.2) is 0 Å². The molecule has 15 heavy (non-hydrogen) atoms. The van der Waals surface area contributed by atoms with Gasteiger partial charge in [0.1, 0.15) is 0 Å². The molecule has 0 aliphatic carbocycles. The maximum absolute atomic E-state index is 10.8. The summed E-state index contributed by atoms with van der Waals surface area (Å²) in [5.41, 5.74) is 2.07. The highest BCUT2D eigenvalue weighted by Gasteiger charge is 2.15. The monoisotopic (exact) mass is 204 g/mol. The SMILES string of the molecule is C1CCNC1.O=C1Cc2ccccc2N1. The maximum Gasteiger partial charge on any atom is 0.228 e. The van der Waals surface area contributed by atoms with Gasteiger partial charge in [0, 0.05) is 5.69 Å². The molecule has 0 spiro atoms. The first-order valence-electron chi connectivity index (χ1n) is 5.45. The Hall–Kier alpha value is -1.35. The fourth-order valence-corrected chi connectivity index (χ4v) is 1.79. The van der Waals surface area contributed by atoms with E-state index in [1.165, 1.54) is 25.9 Å². The summed E-state index contributed by atoms with van der Waals surface area (Å²) in [4.78, 5) is 10.8. The molecular weight excluding hydrogens is 188 g/mol. The van der Waals surface area contributed by atoms with Crippen LogP contribution in [0, 0.1) is 0 Å². The van der Waals surface area contributed by atoms with Gasteiger partial charge in [-0.1, -0.05) is 18.2 Å². The second kappa shape index (κ2) is 4.94. The highest BCUT2D eigenvalue weighted by Crippen LogP contribution is 2.20. The molecule has 0 unspecified atom stereocenters. The number of hydrogen-bond donors (Lipinski definition) is 2. The first kappa shape index (κ1) is 10.2. The zero-order valence-electron chi connectivity index (χ0n) is 8.75. The summed E-state index contributed by atoms with van der Waals surface area (Å²) >= 11 is 0. The summed E-state index contributed by atoms with van der Waals surface area (Å²) in [5, 5.41) is 5.98. The summed E-state index contributed by atoms with van der Waals surface area (Å²) in [6, 6.07) is 7.75. The van der Waals surface area contributed by atoms with Crippen LogP contribution in [-0.4, -0.2) is 19.0 Å². The van der Waals surface area contributed by atoms with Gasteiger partial charge in [-0.15, -0.1) is 0 Å². The third kappa shape index (κ3) is 2.80. The Morgan fingerprint density at radius 3 is 2.40 bits per heavy atom. The van der Waals surface area contributed by atoms with Gasteiger partial charge in [0.05, 0.1) is 6.42 Å². The number of carbonyl (C=O) groups excluding carboxylic acids is 1. The average Bonchev–Trinajstić information content (AvgIpc) is 2.87. The molecule has 0 atom stereocenters. The van der Waals surface area contributed by atoms with Crippen molar-refractivity contribution < 1.29 is 4.79 Å². The minimum Gasteiger partial charge on any atom is -0.326 e. The number of rotatable bonds is 0. The molecule has 0 saturated carbocycles. The number of para-hydroxylation sites is 1. The first-order valence-corrected chi connectivity index (χ1v) is 5.45. The van der Waals surface area contributed by atoms with E-state index in [-0.39, 0.29) is 5.91 Å². The van der Waals surface area contributed by atoms with Gasteiger partial charge < -0.3 is 10.6 Å². The van der Waals surface area contributed by atoms with Crippen LogP contribution in [0.1, 0.15) is 18.4 Å². The maximum atomic E-state index is 10.8. The lowest BCUT2D eigenvalue weighted by Gasteiger charge is -1.93. The number of benzene rings is 1. The van der Waals surface area contributed by atoms with Gasteiger partial charge in [0.25, 0.3) is 0 Å². The molecule has 0 radical (unpaired) electrons. The van der Waals surface area contributed by atoms with Gasteiger partial charge in [-0.3, -0.25) is 4.79 Å². The van der Waals surface area contributed by atoms with Crippen LogP contribution in [-0.2, 0) is 11.2 Å². The largest absolute Gasteiger partial charge is 0.326 e. The number of amides is 1. The van der Waals surface area contributed by atoms with E-state index in [4.69, 9.17) is 0 Å². The summed E-state index contributed by atoms with van der Waals surface area (Å²) < 4.78 is 0. The predicted octanol–water partition coefficient (Wildman–Crippen LogP) is 1.55. The smallest absolute Gasteiger partial charge is 0.228 e. The number of nitrogens with one attached hydrogen (secondary N) is 2. The summed E-state index contributed by atoms with van der Waals surface area (Å²) in [6.45, 7) is 2.50. The lowest BCUT2D eigenvalue weighted by Crippen LogP contribution is -2.03. The highest BCUT2D eigenvalue weighted by molar-refractivity contribution is 5.98. The van der Waals surface area contributed by atoms with Crippen molar-refractivity contribution >= 4 is 11.6 Å². The summed E-state index contributed by atoms with van der Waals surface area (Å²) in [6.07, 6.45) is 3.32. The number of carbonyl (C=O) groups is 1. The van der Waals surface area contributed by atoms with E-state index < -0.39 is 0 Å². The molecule has 0 bridgehead atoms. The average molecular weight is 204 g/mol. The van der Waals surface area contributed by atoms with Crippen molar-refractivity contribution in [3.8, 4) is 0 Å². The molecule has 1 aromatic carbocycles. The zero-order valence-corrected chi connectivity index (χ0v) is 8.75. The first-order chi connectivity index (χ1) is 7.36. The van der Waals surface area contributed by atoms with Crippen LogP contribution in [0.5, 0.6) is 0 Å². The molecule has 1 amide bonds. The molecule has 3 heteroatoms. The zero-order chi connectivity index (χ0) is 10.5. The quantitative estimate of drug-likeness (QED) is 0.673. The lowest BCUT2D eigenvalue weighted by atomic mass is 10.2. The molecule has 1 aromatic rings. The number of hydrogen-bond acceptors (Lipinski definition) is 2. The van der Waals surface area contributed by atoms with Crippen LogP contribution >= 0.6 is 0 Å². The molecule has 2 aliphatic rings. The third-order valence-corrected chi connectivity index (χ3v) is 2.60. The molecule has 1 fully saturated rings. The molecule has 2 heterocycles. The van der Waals surface area contributed by atoms with Crippen LogP contribution < -0.4 is 10.6 Å². The minimum atomic E-state index is 0.0983. The molecular formula is C12H16N2O. The van der Waals surface area contributed by atoms with E-state index in [0.717, 1.165) is 11.3 Å². The lowest BCUT2D eigenvalue weighted by molar-refractivity contribution is -0.115. The van der Waals surface area contributed by atoms with E-state index in [1.54, 1.807) is 0 Å². The minimum absolute atomic E-state index is 0.0983. The van der Waals surface area contributed by atoms with Gasteiger partial charge >= 0.3 is 0 Å². The van der Waals surface area contributed by atoms with Crippen LogP contribution in [0.3, 0.4) is 0 Å². The fraction of sp³-hybridized carbons (Fsp3) is 0.417. The molecule has 2 aliphatic heterocycles. The van der Waals surface area contributed by atoms with Crippen molar-refractivity contribution in [2.75, 3.05) is 18.4 Å². The molecule has 0 aromatic heterocycles. The number of anilines is 1. The van der Waals surface area contributed by atoms with E-state index in [2.05, 4.69) is 10.6 Å². The topological polar surface area (TPSA) is 41.1 Å². The molecule has 3 rings (SSSR count). The second-order valence-electron chi connectivity index (χ2n) is 3.84.